The number of hydrogen-bond donors (Lipinski definition) is 8. The molecule has 8 N–H and O–H groups in total. The third-order valence-electron chi connectivity index (χ3n) is 17.3. The van der Waals surface area contributed by atoms with Gasteiger partial charge in [-0.3, -0.25) is 0 Å². The predicted octanol–water partition coefficient (Wildman–Crippen LogP) is 12.5. The predicted molar refractivity (Wildman–Crippen MR) is 380 cm³/mol. The molecule has 8 nitrogen and oxygen atoms in total. The Morgan fingerprint density at radius 2 is 0.229 bits per heavy atom. The number of benzene rings is 8. The fraction of sp³-hybridized carbons (Fsp3) is 0.273. The summed E-state index contributed by atoms with van der Waals surface area (Å²) in [5.41, 5.74) is -1.28. The molecule has 0 saturated heterocycles. The molecule has 8 heteroatoms. The number of aliphatic hydroxyl groups is 8. The summed E-state index contributed by atoms with van der Waals surface area (Å²) in [5, 5.41) is 84.9. The molecular weight excluding hydrogens is 1180 g/mol. The SMILES string of the molecule is OC1(C#Cc2ccccc2)CCC(O)(C#Cc2ccccc2)CC1.OC1(C#Cc2ccccc2)CCC(O)(C#Cc2ccccc2)CC1.OC1(C#Cc2ccccc2)CCC(O)(C#Cc2ccccc2)CC1.OC1(C#Cc2ccccc2)CCC(O)(C#Cc2ccccc2)CC1. The molecule has 0 unspecified atom stereocenters. The molecule has 8 aromatic rings. The molecule has 12 rings (SSSR count). The van der Waals surface area contributed by atoms with E-state index in [1.807, 2.05) is 243 Å². The van der Waals surface area contributed by atoms with Crippen molar-refractivity contribution in [2.45, 2.75) is 148 Å². The summed E-state index contributed by atoms with van der Waals surface area (Å²) in [6, 6.07) is 76.9. The van der Waals surface area contributed by atoms with Gasteiger partial charge in [-0.05, 0) is 200 Å². The van der Waals surface area contributed by atoms with Gasteiger partial charge < -0.3 is 40.9 Å². The highest BCUT2D eigenvalue weighted by Gasteiger charge is 2.42. The smallest absolute Gasteiger partial charge is 0.126 e. The summed E-state index contributed by atoms with van der Waals surface area (Å²) in [7, 11) is 0. The first kappa shape index (κ1) is 70.2. The highest BCUT2D eigenvalue weighted by Crippen LogP contribution is 2.38. The molecule has 4 fully saturated rings. The van der Waals surface area contributed by atoms with Crippen molar-refractivity contribution in [3.63, 3.8) is 0 Å². The minimum absolute atomic E-state index is 0.423. The molecule has 0 heterocycles. The van der Waals surface area contributed by atoms with Gasteiger partial charge in [-0.15, -0.1) is 0 Å². The van der Waals surface area contributed by atoms with Gasteiger partial charge in [-0.2, -0.15) is 0 Å². The zero-order valence-electron chi connectivity index (χ0n) is 54.0. The second kappa shape index (κ2) is 33.3. The van der Waals surface area contributed by atoms with Crippen molar-refractivity contribution in [1.82, 2.24) is 0 Å². The van der Waals surface area contributed by atoms with Crippen LogP contribution >= 0.6 is 0 Å². The van der Waals surface area contributed by atoms with Gasteiger partial charge in [0.2, 0.25) is 0 Å². The molecule has 4 saturated carbocycles. The lowest BCUT2D eigenvalue weighted by Gasteiger charge is -2.35. The van der Waals surface area contributed by atoms with Crippen LogP contribution in [0.3, 0.4) is 0 Å². The van der Waals surface area contributed by atoms with E-state index in [-0.39, 0.29) is 0 Å². The van der Waals surface area contributed by atoms with Crippen LogP contribution in [0, 0.1) is 94.7 Å². The zero-order valence-corrected chi connectivity index (χ0v) is 54.0. The standard InChI is InChI=1S/4C22H20O2/c4*23-21(13-11-19-7-3-1-4-8-19)15-17-22(24,18-16-21)14-12-20-9-5-2-6-10-20/h4*1-10,23-24H,15-18H2. The largest absolute Gasteiger partial charge is 0.378 e. The molecule has 4 aliphatic rings. The summed E-state index contributed by atoms with van der Waals surface area (Å²) in [5.74, 6) is 48.0. The van der Waals surface area contributed by atoms with Crippen molar-refractivity contribution in [3.05, 3.63) is 287 Å². The lowest BCUT2D eigenvalue weighted by molar-refractivity contribution is -0.0219. The molecule has 96 heavy (non-hydrogen) atoms. The van der Waals surface area contributed by atoms with Gasteiger partial charge in [-0.25, -0.2) is 0 Å². The topological polar surface area (TPSA) is 162 Å². The molecule has 480 valence electrons. The average Bonchev–Trinajstić information content (AvgIpc) is 0.860. The van der Waals surface area contributed by atoms with E-state index in [1.165, 1.54) is 0 Å². The van der Waals surface area contributed by atoms with Crippen LogP contribution < -0.4 is 0 Å². The van der Waals surface area contributed by atoms with Crippen molar-refractivity contribution in [1.29, 1.82) is 0 Å². The Balaban J connectivity index is 0.000000150. The van der Waals surface area contributed by atoms with E-state index in [4.69, 9.17) is 0 Å². The quantitative estimate of drug-likeness (QED) is 0.0696. The van der Waals surface area contributed by atoms with Gasteiger partial charge in [-0.1, -0.05) is 240 Å². The maximum atomic E-state index is 10.6. The summed E-state index contributed by atoms with van der Waals surface area (Å²) < 4.78 is 0. The molecule has 0 aliphatic heterocycles. The Kier molecular flexibility index (Phi) is 24.4. The van der Waals surface area contributed by atoms with Crippen molar-refractivity contribution in [2.75, 3.05) is 0 Å². The van der Waals surface area contributed by atoms with Crippen molar-refractivity contribution < 1.29 is 40.9 Å². The molecule has 8 aromatic carbocycles. The first-order chi connectivity index (χ1) is 46.3. The molecule has 0 amide bonds. The van der Waals surface area contributed by atoms with Crippen molar-refractivity contribution in [3.8, 4) is 94.7 Å². The summed E-state index contributed by atoms with van der Waals surface area (Å²) >= 11 is 0. The van der Waals surface area contributed by atoms with E-state index in [9.17, 15) is 40.9 Å². The Labute approximate surface area is 567 Å². The van der Waals surface area contributed by atoms with Crippen molar-refractivity contribution in [2.24, 2.45) is 0 Å². The van der Waals surface area contributed by atoms with E-state index < -0.39 is 44.8 Å². The molecule has 0 aromatic heterocycles. The maximum absolute atomic E-state index is 10.6. The molecule has 0 spiro atoms. The normalized spacial score (nSPS) is 25.8. The van der Waals surface area contributed by atoms with Gasteiger partial charge in [0.15, 0.2) is 0 Å². The highest BCUT2D eigenvalue weighted by molar-refractivity contribution is 5.44. The third-order valence-corrected chi connectivity index (χ3v) is 17.3. The van der Waals surface area contributed by atoms with Gasteiger partial charge in [0, 0.05) is 44.5 Å². The fourth-order valence-corrected chi connectivity index (χ4v) is 11.0. The minimum Gasteiger partial charge on any atom is -0.378 e. The van der Waals surface area contributed by atoms with Crippen LogP contribution in [0.5, 0.6) is 0 Å². The summed E-state index contributed by atoms with van der Waals surface area (Å²) in [6.45, 7) is 0. The number of rotatable bonds is 0. The van der Waals surface area contributed by atoms with Crippen LogP contribution in [-0.4, -0.2) is 85.7 Å². The Hall–Kier alpha value is -10.1. The summed E-state index contributed by atoms with van der Waals surface area (Å²) in [4.78, 5) is 0. The maximum Gasteiger partial charge on any atom is 0.126 e. The highest BCUT2D eigenvalue weighted by atomic mass is 16.3. The van der Waals surface area contributed by atoms with Crippen LogP contribution in [0.4, 0.5) is 0 Å². The van der Waals surface area contributed by atoms with Gasteiger partial charge in [0.1, 0.15) is 44.8 Å². The zero-order chi connectivity index (χ0) is 67.5. The Morgan fingerprint density at radius 3 is 0.312 bits per heavy atom. The van der Waals surface area contributed by atoms with Crippen molar-refractivity contribution >= 4 is 0 Å². The molecule has 0 atom stereocenters. The van der Waals surface area contributed by atoms with Gasteiger partial charge in [0.25, 0.3) is 0 Å². The minimum atomic E-state index is -1.05. The monoisotopic (exact) mass is 1260 g/mol. The first-order valence-electron chi connectivity index (χ1n) is 32.7. The average molecular weight is 1270 g/mol. The molecule has 4 aliphatic carbocycles. The number of hydrogen-bond acceptors (Lipinski definition) is 8. The van der Waals surface area contributed by atoms with E-state index >= 15 is 0 Å². The molecular formula is C88H80O8. The van der Waals surface area contributed by atoms with Crippen LogP contribution in [0.15, 0.2) is 243 Å². The summed E-state index contributed by atoms with van der Waals surface area (Å²) in [6.07, 6.45) is 6.77. The first-order valence-corrected chi connectivity index (χ1v) is 32.7. The second-order valence-electron chi connectivity index (χ2n) is 25.2. The van der Waals surface area contributed by atoms with E-state index in [0.29, 0.717) is 103 Å². The Bertz CT molecular complexity index is 3460. The fourth-order valence-electron chi connectivity index (χ4n) is 11.0. The van der Waals surface area contributed by atoms with E-state index in [1.54, 1.807) is 0 Å². The van der Waals surface area contributed by atoms with E-state index in [2.05, 4.69) is 94.7 Å². The van der Waals surface area contributed by atoms with E-state index in [0.717, 1.165) is 44.5 Å². The lowest BCUT2D eigenvalue weighted by Crippen LogP contribution is -2.41. The second-order valence-corrected chi connectivity index (χ2v) is 25.2. The van der Waals surface area contributed by atoms with Gasteiger partial charge >= 0.3 is 0 Å². The third kappa shape index (κ3) is 23.1. The van der Waals surface area contributed by atoms with Gasteiger partial charge in [0.05, 0.1) is 0 Å². The van der Waals surface area contributed by atoms with Crippen LogP contribution in [-0.2, 0) is 0 Å². The lowest BCUT2D eigenvalue weighted by atomic mass is 9.76. The molecule has 0 radical (unpaired) electrons. The van der Waals surface area contributed by atoms with Crippen LogP contribution in [0.2, 0.25) is 0 Å². The Morgan fingerprint density at radius 1 is 0.146 bits per heavy atom. The van der Waals surface area contributed by atoms with Crippen LogP contribution in [0.1, 0.15) is 147 Å². The van der Waals surface area contributed by atoms with Crippen LogP contribution in [0.25, 0.3) is 0 Å². The molecule has 0 bridgehead atoms.